The van der Waals surface area contributed by atoms with Crippen molar-refractivity contribution in [2.75, 3.05) is 10.4 Å². The molecule has 146 valence electrons. The zero-order valence-corrected chi connectivity index (χ0v) is 15.4. The number of aromatic carboxylic acids is 1. The van der Waals surface area contributed by atoms with Gasteiger partial charge >= 0.3 is 5.97 Å². The predicted molar refractivity (Wildman–Crippen MR) is 112 cm³/mol. The molecule has 8 nitrogen and oxygen atoms in total. The first kappa shape index (κ1) is 18.5. The average molecular weight is 390 g/mol. The van der Waals surface area contributed by atoms with Gasteiger partial charge in [0.1, 0.15) is 11.5 Å². The number of hydrazone groups is 2. The molecule has 1 aliphatic heterocycles. The fraction of sp³-hybridized carbons (Fsp3) is 0.0952. The van der Waals surface area contributed by atoms with Gasteiger partial charge in [0.25, 0.3) is 0 Å². The Balaban J connectivity index is 1.58. The number of rotatable bonds is 4. The third-order valence-corrected chi connectivity index (χ3v) is 4.68. The van der Waals surface area contributed by atoms with E-state index in [0.717, 1.165) is 5.39 Å². The van der Waals surface area contributed by atoms with Crippen molar-refractivity contribution in [1.82, 2.24) is 0 Å². The van der Waals surface area contributed by atoms with E-state index in [-0.39, 0.29) is 11.3 Å². The van der Waals surface area contributed by atoms with Gasteiger partial charge in [0.2, 0.25) is 0 Å². The Bertz CT molecular complexity index is 1160. The molecule has 0 aliphatic carbocycles. The molecule has 3 aromatic rings. The quantitative estimate of drug-likeness (QED) is 0.401. The summed E-state index contributed by atoms with van der Waals surface area (Å²) in [7, 11) is 0. The van der Waals surface area contributed by atoms with Gasteiger partial charge in [-0.05, 0) is 42.6 Å². The van der Waals surface area contributed by atoms with Crippen LogP contribution in [0.4, 0.5) is 11.4 Å². The topological polar surface area (TPSA) is 118 Å². The Morgan fingerprint density at radius 1 is 1.10 bits per heavy atom. The first-order valence-corrected chi connectivity index (χ1v) is 8.86. The fourth-order valence-corrected chi connectivity index (χ4v) is 3.13. The smallest absolute Gasteiger partial charge is 0.335 e. The van der Waals surface area contributed by atoms with Crippen LogP contribution in [0.5, 0.6) is 5.75 Å². The van der Waals surface area contributed by atoms with Gasteiger partial charge in [-0.3, -0.25) is 5.43 Å². The van der Waals surface area contributed by atoms with Crippen LogP contribution in [0.15, 0.2) is 70.9 Å². The van der Waals surface area contributed by atoms with E-state index in [1.54, 1.807) is 25.1 Å². The highest BCUT2D eigenvalue weighted by molar-refractivity contribution is 6.45. The predicted octanol–water partition coefficient (Wildman–Crippen LogP) is 3.23. The molecule has 8 heteroatoms. The second-order valence-electron chi connectivity index (χ2n) is 6.55. The monoisotopic (exact) mass is 390 g/mol. The number of hydrogen-bond acceptors (Lipinski definition) is 7. The summed E-state index contributed by atoms with van der Waals surface area (Å²) in [6.45, 7) is 1.70. The molecular weight excluding hydrogens is 372 g/mol. The molecule has 3 aromatic carbocycles. The third kappa shape index (κ3) is 3.37. The SMILES string of the molecule is CC1=NN(c2ccc(C(=O)O)cc2)C(O)/C1=N\Nc1ccc2ccccc2c1O. The first-order chi connectivity index (χ1) is 14.0. The summed E-state index contributed by atoms with van der Waals surface area (Å²) in [5, 5.41) is 41.6. The number of aromatic hydroxyl groups is 1. The lowest BCUT2D eigenvalue weighted by Gasteiger charge is -2.19. The van der Waals surface area contributed by atoms with Crippen LogP contribution in [0.3, 0.4) is 0 Å². The largest absolute Gasteiger partial charge is 0.505 e. The summed E-state index contributed by atoms with van der Waals surface area (Å²) >= 11 is 0. The van der Waals surface area contributed by atoms with Crippen molar-refractivity contribution >= 4 is 39.5 Å². The van der Waals surface area contributed by atoms with E-state index in [2.05, 4.69) is 15.6 Å². The van der Waals surface area contributed by atoms with Crippen molar-refractivity contribution in [2.45, 2.75) is 13.2 Å². The molecule has 29 heavy (non-hydrogen) atoms. The van der Waals surface area contributed by atoms with E-state index in [1.807, 2.05) is 30.3 Å². The molecule has 0 radical (unpaired) electrons. The molecule has 4 rings (SSSR count). The third-order valence-electron chi connectivity index (χ3n) is 4.68. The van der Waals surface area contributed by atoms with Crippen LogP contribution in [-0.4, -0.2) is 38.9 Å². The van der Waals surface area contributed by atoms with Crippen molar-refractivity contribution in [2.24, 2.45) is 10.2 Å². The zero-order chi connectivity index (χ0) is 20.5. The second-order valence-corrected chi connectivity index (χ2v) is 6.55. The molecule has 0 aromatic heterocycles. The Hall–Kier alpha value is -3.91. The maximum atomic E-state index is 11.0. The summed E-state index contributed by atoms with van der Waals surface area (Å²) in [6.07, 6.45) is -1.15. The minimum Gasteiger partial charge on any atom is -0.505 e. The molecule has 1 atom stereocenters. The summed E-state index contributed by atoms with van der Waals surface area (Å²) in [6, 6.07) is 17.0. The summed E-state index contributed by atoms with van der Waals surface area (Å²) in [5.41, 5.74) is 4.66. The Morgan fingerprint density at radius 2 is 1.83 bits per heavy atom. The van der Waals surface area contributed by atoms with Gasteiger partial charge in [0.15, 0.2) is 6.23 Å². The molecule has 4 N–H and O–H groups in total. The number of nitrogens with zero attached hydrogens (tertiary/aromatic N) is 3. The van der Waals surface area contributed by atoms with Crippen molar-refractivity contribution in [3.63, 3.8) is 0 Å². The fourth-order valence-electron chi connectivity index (χ4n) is 3.13. The number of aliphatic hydroxyl groups excluding tert-OH is 1. The van der Waals surface area contributed by atoms with Gasteiger partial charge < -0.3 is 15.3 Å². The lowest BCUT2D eigenvalue weighted by molar-refractivity contribution is 0.0697. The Morgan fingerprint density at radius 3 is 2.55 bits per heavy atom. The number of phenolic OH excluding ortho intramolecular Hbond substituents is 1. The van der Waals surface area contributed by atoms with E-state index >= 15 is 0 Å². The zero-order valence-electron chi connectivity index (χ0n) is 15.4. The van der Waals surface area contributed by atoms with Crippen LogP contribution < -0.4 is 10.4 Å². The van der Waals surface area contributed by atoms with Gasteiger partial charge in [0.05, 0.1) is 22.6 Å². The highest BCUT2D eigenvalue weighted by Gasteiger charge is 2.31. The second kappa shape index (κ2) is 7.25. The van der Waals surface area contributed by atoms with E-state index in [9.17, 15) is 15.0 Å². The summed E-state index contributed by atoms with van der Waals surface area (Å²) in [4.78, 5) is 11.0. The number of anilines is 2. The Labute approximate surface area is 166 Å². The van der Waals surface area contributed by atoms with Crippen LogP contribution in [0.25, 0.3) is 10.8 Å². The maximum absolute atomic E-state index is 11.0. The van der Waals surface area contributed by atoms with E-state index in [1.165, 1.54) is 17.1 Å². The Kier molecular flexibility index (Phi) is 4.61. The highest BCUT2D eigenvalue weighted by Crippen LogP contribution is 2.32. The van der Waals surface area contributed by atoms with Crippen LogP contribution in [0.2, 0.25) is 0 Å². The molecular formula is C21H18N4O4. The minimum absolute atomic E-state index is 0.0654. The van der Waals surface area contributed by atoms with Crippen LogP contribution in [0.1, 0.15) is 17.3 Å². The number of benzene rings is 3. The number of carboxylic acids is 1. The number of fused-ring (bicyclic) bond motifs is 1. The lowest BCUT2D eigenvalue weighted by atomic mass is 10.1. The molecule has 0 fully saturated rings. The standard InChI is InChI=1S/C21H18N4O4/c1-12-18(20(27)25(24-12)15-9-6-14(7-10-15)21(28)29)23-22-17-11-8-13-4-2-3-5-16(13)19(17)26/h2-11,20,22,26-27H,1H3,(H,28,29)/b23-18-. The molecule has 0 bridgehead atoms. The van der Waals surface area contributed by atoms with Gasteiger partial charge in [0, 0.05) is 5.39 Å². The van der Waals surface area contributed by atoms with Crippen molar-refractivity contribution in [1.29, 1.82) is 0 Å². The molecule has 1 heterocycles. The van der Waals surface area contributed by atoms with E-state index in [4.69, 9.17) is 5.11 Å². The van der Waals surface area contributed by atoms with Crippen molar-refractivity contribution in [3.8, 4) is 5.75 Å². The number of aliphatic hydroxyl groups is 1. The highest BCUT2D eigenvalue weighted by atomic mass is 16.4. The first-order valence-electron chi connectivity index (χ1n) is 8.86. The number of hydrogen-bond donors (Lipinski definition) is 4. The van der Waals surface area contributed by atoms with Crippen LogP contribution in [-0.2, 0) is 0 Å². The van der Waals surface area contributed by atoms with E-state index < -0.39 is 12.2 Å². The van der Waals surface area contributed by atoms with Gasteiger partial charge in [-0.1, -0.05) is 30.3 Å². The number of carbonyl (C=O) groups is 1. The maximum Gasteiger partial charge on any atom is 0.335 e. The molecule has 0 amide bonds. The van der Waals surface area contributed by atoms with Crippen LogP contribution >= 0.6 is 0 Å². The van der Waals surface area contributed by atoms with Gasteiger partial charge in [-0.2, -0.15) is 10.2 Å². The summed E-state index contributed by atoms with van der Waals surface area (Å²) < 4.78 is 0. The molecule has 0 spiro atoms. The van der Waals surface area contributed by atoms with Crippen molar-refractivity contribution < 1.29 is 20.1 Å². The molecule has 1 unspecified atom stereocenters. The average Bonchev–Trinajstić information content (AvgIpc) is 3.01. The van der Waals surface area contributed by atoms with Gasteiger partial charge in [-0.25, -0.2) is 9.80 Å². The number of nitrogens with one attached hydrogen (secondary N) is 1. The minimum atomic E-state index is -1.15. The van der Waals surface area contributed by atoms with Crippen molar-refractivity contribution in [3.05, 3.63) is 66.2 Å². The lowest BCUT2D eigenvalue weighted by Crippen LogP contribution is -2.33. The normalized spacial score (nSPS) is 17.6. The van der Waals surface area contributed by atoms with Gasteiger partial charge in [-0.15, -0.1) is 0 Å². The molecule has 1 aliphatic rings. The molecule has 0 saturated heterocycles. The number of carboxylic acid groups (broad SMARTS) is 1. The van der Waals surface area contributed by atoms with Crippen LogP contribution in [0, 0.1) is 0 Å². The van der Waals surface area contributed by atoms with E-state index in [0.29, 0.717) is 28.2 Å². The number of phenols is 1. The summed E-state index contributed by atoms with van der Waals surface area (Å²) in [5.74, 6) is -0.963. The molecule has 0 saturated carbocycles.